The van der Waals surface area contributed by atoms with E-state index in [9.17, 15) is 9.59 Å². The van der Waals surface area contributed by atoms with Crippen molar-refractivity contribution in [2.45, 2.75) is 53.0 Å². The summed E-state index contributed by atoms with van der Waals surface area (Å²) in [4.78, 5) is 24.8. The third-order valence-corrected chi connectivity index (χ3v) is 2.24. The van der Waals surface area contributed by atoms with Crippen molar-refractivity contribution < 1.29 is 14.3 Å². The van der Waals surface area contributed by atoms with Gasteiger partial charge < -0.3 is 9.64 Å². The Morgan fingerprint density at radius 1 is 1.19 bits per heavy atom. The van der Waals surface area contributed by atoms with E-state index in [1.54, 1.807) is 11.8 Å². The summed E-state index contributed by atoms with van der Waals surface area (Å²) in [7, 11) is 0. The van der Waals surface area contributed by atoms with Crippen LogP contribution in [0.4, 0.5) is 0 Å². The standard InChI is InChI=1S/C12H23NO3/c1-6-8-9-13(12(3,4)5)10(14)11(15)16-7-2/h6-9H2,1-5H3. The van der Waals surface area contributed by atoms with Gasteiger partial charge in [0, 0.05) is 12.1 Å². The predicted octanol–water partition coefficient (Wildman–Crippen LogP) is 1.98. The molecule has 4 nitrogen and oxygen atoms in total. The maximum Gasteiger partial charge on any atom is 0.397 e. The first-order valence-corrected chi connectivity index (χ1v) is 5.83. The zero-order valence-electron chi connectivity index (χ0n) is 11.0. The maximum absolute atomic E-state index is 11.8. The Bertz CT molecular complexity index is 243. The molecule has 0 atom stereocenters. The third-order valence-electron chi connectivity index (χ3n) is 2.24. The minimum Gasteiger partial charge on any atom is -0.459 e. The number of hydrogen-bond acceptors (Lipinski definition) is 3. The van der Waals surface area contributed by atoms with Crippen LogP contribution in [0.25, 0.3) is 0 Å². The number of hydrogen-bond donors (Lipinski definition) is 0. The second-order valence-electron chi connectivity index (χ2n) is 4.70. The molecule has 0 bridgehead atoms. The van der Waals surface area contributed by atoms with Crippen LogP contribution >= 0.6 is 0 Å². The van der Waals surface area contributed by atoms with Gasteiger partial charge in [0.25, 0.3) is 0 Å². The van der Waals surface area contributed by atoms with Crippen molar-refractivity contribution in [1.82, 2.24) is 4.90 Å². The number of unbranched alkanes of at least 4 members (excludes halogenated alkanes) is 1. The summed E-state index contributed by atoms with van der Waals surface area (Å²) in [6.07, 6.45) is 1.88. The van der Waals surface area contributed by atoms with Crippen LogP contribution in [-0.2, 0) is 14.3 Å². The molecule has 0 rings (SSSR count). The van der Waals surface area contributed by atoms with Crippen LogP contribution in [-0.4, -0.2) is 35.5 Å². The van der Waals surface area contributed by atoms with Crippen molar-refractivity contribution >= 4 is 11.9 Å². The van der Waals surface area contributed by atoms with E-state index in [4.69, 9.17) is 4.74 Å². The fraction of sp³-hybridized carbons (Fsp3) is 0.833. The van der Waals surface area contributed by atoms with Gasteiger partial charge in [0.2, 0.25) is 0 Å². The monoisotopic (exact) mass is 229 g/mol. The van der Waals surface area contributed by atoms with Gasteiger partial charge in [0.15, 0.2) is 0 Å². The molecule has 16 heavy (non-hydrogen) atoms. The number of carbonyl (C=O) groups is 2. The zero-order chi connectivity index (χ0) is 12.8. The molecule has 4 heteroatoms. The quantitative estimate of drug-likeness (QED) is 0.547. The first-order chi connectivity index (χ1) is 7.34. The van der Waals surface area contributed by atoms with Crippen LogP contribution < -0.4 is 0 Å². The van der Waals surface area contributed by atoms with Gasteiger partial charge in [0.1, 0.15) is 0 Å². The summed E-state index contributed by atoms with van der Waals surface area (Å²) >= 11 is 0. The highest BCUT2D eigenvalue weighted by atomic mass is 16.5. The number of nitrogens with zero attached hydrogens (tertiary/aromatic N) is 1. The molecule has 0 heterocycles. The lowest BCUT2D eigenvalue weighted by Crippen LogP contribution is -2.49. The maximum atomic E-state index is 11.8. The van der Waals surface area contributed by atoms with E-state index >= 15 is 0 Å². The predicted molar refractivity (Wildman–Crippen MR) is 63.0 cm³/mol. The first-order valence-electron chi connectivity index (χ1n) is 5.83. The van der Waals surface area contributed by atoms with E-state index in [0.717, 1.165) is 12.8 Å². The van der Waals surface area contributed by atoms with Crippen molar-refractivity contribution in [3.05, 3.63) is 0 Å². The summed E-state index contributed by atoms with van der Waals surface area (Å²) in [6.45, 7) is 10.3. The number of carbonyl (C=O) groups excluding carboxylic acids is 2. The molecule has 0 aromatic rings. The number of rotatable bonds is 4. The second kappa shape index (κ2) is 6.51. The molecule has 0 spiro atoms. The van der Waals surface area contributed by atoms with Crippen molar-refractivity contribution in [2.75, 3.05) is 13.2 Å². The van der Waals surface area contributed by atoms with E-state index in [2.05, 4.69) is 6.92 Å². The van der Waals surface area contributed by atoms with E-state index in [0.29, 0.717) is 6.54 Å². The molecular weight excluding hydrogens is 206 g/mol. The lowest BCUT2D eigenvalue weighted by Gasteiger charge is -2.34. The number of esters is 1. The van der Waals surface area contributed by atoms with Gasteiger partial charge >= 0.3 is 11.9 Å². The minimum atomic E-state index is -0.756. The summed E-state index contributed by atoms with van der Waals surface area (Å²) in [5.41, 5.74) is -0.348. The molecule has 0 saturated heterocycles. The fourth-order valence-corrected chi connectivity index (χ4v) is 1.36. The largest absolute Gasteiger partial charge is 0.459 e. The Labute approximate surface area is 98.0 Å². The van der Waals surface area contributed by atoms with E-state index in [1.165, 1.54) is 0 Å². The average molecular weight is 229 g/mol. The zero-order valence-corrected chi connectivity index (χ0v) is 11.0. The van der Waals surface area contributed by atoms with Crippen molar-refractivity contribution in [1.29, 1.82) is 0 Å². The van der Waals surface area contributed by atoms with Crippen LogP contribution in [0.3, 0.4) is 0 Å². The van der Waals surface area contributed by atoms with Crippen LogP contribution in [0.2, 0.25) is 0 Å². The topological polar surface area (TPSA) is 46.6 Å². The Kier molecular flexibility index (Phi) is 6.08. The molecule has 0 aromatic heterocycles. The fourth-order valence-electron chi connectivity index (χ4n) is 1.36. The smallest absolute Gasteiger partial charge is 0.397 e. The second-order valence-corrected chi connectivity index (χ2v) is 4.70. The highest BCUT2D eigenvalue weighted by molar-refractivity contribution is 6.32. The van der Waals surface area contributed by atoms with Gasteiger partial charge in [0.05, 0.1) is 6.61 Å². The number of ether oxygens (including phenoxy) is 1. The van der Waals surface area contributed by atoms with Gasteiger partial charge in [-0.15, -0.1) is 0 Å². The SMILES string of the molecule is CCCCN(C(=O)C(=O)OCC)C(C)(C)C. The van der Waals surface area contributed by atoms with Crippen LogP contribution in [0.5, 0.6) is 0 Å². The summed E-state index contributed by atoms with van der Waals surface area (Å²) in [5.74, 6) is -1.30. The Balaban J connectivity index is 4.63. The molecule has 1 amide bonds. The van der Waals surface area contributed by atoms with Crippen LogP contribution in [0, 0.1) is 0 Å². The van der Waals surface area contributed by atoms with Gasteiger partial charge in [-0.2, -0.15) is 0 Å². The molecule has 0 aliphatic carbocycles. The van der Waals surface area contributed by atoms with Crippen molar-refractivity contribution in [3.63, 3.8) is 0 Å². The molecule has 0 fully saturated rings. The highest BCUT2D eigenvalue weighted by Gasteiger charge is 2.31. The summed E-state index contributed by atoms with van der Waals surface area (Å²) < 4.78 is 4.73. The normalized spacial score (nSPS) is 11.1. The van der Waals surface area contributed by atoms with Crippen molar-refractivity contribution in [2.24, 2.45) is 0 Å². The lowest BCUT2D eigenvalue weighted by atomic mass is 10.1. The molecule has 0 aliphatic rings. The third kappa shape index (κ3) is 4.64. The first kappa shape index (κ1) is 14.9. The molecule has 0 aliphatic heterocycles. The van der Waals surface area contributed by atoms with E-state index < -0.39 is 11.9 Å². The van der Waals surface area contributed by atoms with Gasteiger partial charge in [-0.3, -0.25) is 4.79 Å². The van der Waals surface area contributed by atoms with Gasteiger partial charge in [-0.1, -0.05) is 13.3 Å². The molecule has 0 N–H and O–H groups in total. The summed E-state index contributed by atoms with van der Waals surface area (Å²) in [5, 5.41) is 0. The average Bonchev–Trinajstić information content (AvgIpc) is 2.16. The lowest BCUT2D eigenvalue weighted by molar-refractivity contribution is -0.162. The molecule has 0 aromatic carbocycles. The molecule has 0 saturated carbocycles. The van der Waals surface area contributed by atoms with E-state index in [1.807, 2.05) is 20.8 Å². The van der Waals surface area contributed by atoms with Gasteiger partial charge in [-0.25, -0.2) is 4.79 Å². The van der Waals surface area contributed by atoms with Gasteiger partial charge in [-0.05, 0) is 34.1 Å². The molecule has 94 valence electrons. The molecule has 0 radical (unpaired) electrons. The van der Waals surface area contributed by atoms with Crippen LogP contribution in [0.15, 0.2) is 0 Å². The number of amides is 1. The van der Waals surface area contributed by atoms with Crippen LogP contribution in [0.1, 0.15) is 47.5 Å². The van der Waals surface area contributed by atoms with Crippen molar-refractivity contribution in [3.8, 4) is 0 Å². The minimum absolute atomic E-state index is 0.232. The molecular formula is C12H23NO3. The molecule has 0 unspecified atom stereocenters. The Morgan fingerprint density at radius 2 is 1.75 bits per heavy atom. The Hall–Kier alpha value is -1.06. The highest BCUT2D eigenvalue weighted by Crippen LogP contribution is 2.15. The summed E-state index contributed by atoms with van der Waals surface area (Å²) in [6, 6.07) is 0. The Morgan fingerprint density at radius 3 is 2.12 bits per heavy atom. The van der Waals surface area contributed by atoms with E-state index in [-0.39, 0.29) is 12.1 Å².